The molecule has 0 unspecified atom stereocenters. The third-order valence-corrected chi connectivity index (χ3v) is 3.89. The molecule has 0 saturated carbocycles. The average Bonchev–Trinajstić information content (AvgIpc) is 2.55. The summed E-state index contributed by atoms with van der Waals surface area (Å²) in [6.07, 6.45) is 11.7. The number of unbranched alkanes of at least 4 members (excludes halogenated alkanes) is 12. The van der Waals surface area contributed by atoms with Crippen LogP contribution in [0.3, 0.4) is 0 Å². The molecule has 26 heavy (non-hydrogen) atoms. The number of hydrogen-bond donors (Lipinski definition) is 2. The molecule has 0 aliphatic heterocycles. The van der Waals surface area contributed by atoms with Crippen LogP contribution in [0, 0.1) is 0 Å². The minimum atomic E-state index is -6.02. The number of aliphatic hydroxyl groups is 1. The number of halogens is 5. The van der Waals surface area contributed by atoms with Gasteiger partial charge >= 0.3 is 18.1 Å². The van der Waals surface area contributed by atoms with Crippen molar-refractivity contribution in [3.63, 3.8) is 0 Å². The lowest BCUT2D eigenvalue weighted by atomic mass is 10.0. The largest absolute Gasteiger partial charge is 0.477 e. The third-order valence-electron chi connectivity index (χ3n) is 3.89. The first-order chi connectivity index (χ1) is 12.1. The second-order valence-electron chi connectivity index (χ2n) is 6.34. The van der Waals surface area contributed by atoms with E-state index in [0.29, 0.717) is 6.61 Å². The first-order valence-corrected chi connectivity index (χ1v) is 9.40. The Morgan fingerprint density at radius 2 is 1.00 bits per heavy atom. The van der Waals surface area contributed by atoms with E-state index < -0.39 is 18.1 Å². The van der Waals surface area contributed by atoms with Crippen LogP contribution in [0.25, 0.3) is 0 Å². The van der Waals surface area contributed by atoms with Gasteiger partial charge in [-0.15, -0.1) is 0 Å². The van der Waals surface area contributed by atoms with E-state index in [1.54, 1.807) is 0 Å². The lowest BCUT2D eigenvalue weighted by Crippen LogP contribution is -2.43. The van der Waals surface area contributed by atoms with E-state index >= 15 is 0 Å². The van der Waals surface area contributed by atoms with Crippen molar-refractivity contribution in [2.75, 3.05) is 6.61 Å². The van der Waals surface area contributed by atoms with Crippen LogP contribution >= 0.6 is 0 Å². The van der Waals surface area contributed by atoms with Gasteiger partial charge in [0, 0.05) is 6.61 Å². The van der Waals surface area contributed by atoms with Gasteiger partial charge in [0.05, 0.1) is 0 Å². The zero-order valence-electron chi connectivity index (χ0n) is 15.6. The lowest BCUT2D eigenvalue weighted by molar-refractivity contribution is -0.277. The van der Waals surface area contributed by atoms with E-state index in [1.165, 1.54) is 77.0 Å². The Morgan fingerprint density at radius 1 is 0.692 bits per heavy atom. The van der Waals surface area contributed by atoms with Gasteiger partial charge < -0.3 is 10.2 Å². The van der Waals surface area contributed by atoms with Crippen molar-refractivity contribution in [3.05, 3.63) is 0 Å². The summed E-state index contributed by atoms with van der Waals surface area (Å²) in [6, 6.07) is 0. The van der Waals surface area contributed by atoms with Crippen molar-refractivity contribution in [2.45, 2.75) is 102 Å². The predicted molar refractivity (Wildman–Crippen MR) is 91.4 cm³/mol. The van der Waals surface area contributed by atoms with Gasteiger partial charge in [-0.3, -0.25) is 0 Å². The molecule has 0 aromatic carbocycles. The number of carbonyl (C=O) groups is 1. The van der Waals surface area contributed by atoms with Gasteiger partial charge in [-0.25, -0.2) is 4.79 Å². The van der Waals surface area contributed by atoms with Gasteiger partial charge in [0.25, 0.3) is 0 Å². The number of aliphatic carboxylic acids is 1. The van der Waals surface area contributed by atoms with Crippen LogP contribution in [0.1, 0.15) is 90.4 Å². The quantitative estimate of drug-likeness (QED) is 0.268. The number of alkyl halides is 5. The Morgan fingerprint density at radius 3 is 1.19 bits per heavy atom. The maximum absolute atomic E-state index is 11.3. The summed E-state index contributed by atoms with van der Waals surface area (Å²) in [5, 5.41) is 15.9. The molecule has 0 aliphatic rings. The molecule has 0 aliphatic carbocycles. The van der Waals surface area contributed by atoms with Gasteiger partial charge in [-0.05, 0) is 6.42 Å². The monoisotopic (exact) mass is 392 g/mol. The van der Waals surface area contributed by atoms with Crippen molar-refractivity contribution in [1.29, 1.82) is 0 Å². The summed E-state index contributed by atoms with van der Waals surface area (Å²) >= 11 is 0. The van der Waals surface area contributed by atoms with E-state index in [9.17, 15) is 26.7 Å². The maximum atomic E-state index is 11.3. The highest BCUT2D eigenvalue weighted by molar-refractivity contribution is 5.76. The second kappa shape index (κ2) is 16.3. The molecule has 0 radical (unpaired) electrons. The molecule has 0 fully saturated rings. The summed E-state index contributed by atoms with van der Waals surface area (Å²) in [6.45, 7) is 2.65. The van der Waals surface area contributed by atoms with Crippen LogP contribution in [0.2, 0.25) is 0 Å². The van der Waals surface area contributed by atoms with Crippen LogP contribution in [0.15, 0.2) is 0 Å². The Labute approximate surface area is 153 Å². The molecule has 158 valence electrons. The number of hydrogen-bond acceptors (Lipinski definition) is 2. The fraction of sp³-hybridized carbons (Fsp3) is 0.944. The predicted octanol–water partition coefficient (Wildman–Crippen LogP) is 6.34. The van der Waals surface area contributed by atoms with Crippen LogP contribution < -0.4 is 0 Å². The van der Waals surface area contributed by atoms with Gasteiger partial charge in [0.2, 0.25) is 0 Å². The van der Waals surface area contributed by atoms with Crippen molar-refractivity contribution >= 4 is 5.97 Å². The van der Waals surface area contributed by atoms with E-state index in [4.69, 9.17) is 10.2 Å². The molecule has 0 aromatic heterocycles. The third kappa shape index (κ3) is 15.3. The molecular formula is C18H33F5O3. The molecule has 3 nitrogen and oxygen atoms in total. The summed E-state index contributed by atoms with van der Waals surface area (Å²) < 4.78 is 55.5. The molecule has 0 aromatic rings. The smallest absolute Gasteiger partial charge is 0.465 e. The zero-order chi connectivity index (χ0) is 20.5. The van der Waals surface area contributed by atoms with E-state index in [1.807, 2.05) is 0 Å². The van der Waals surface area contributed by atoms with Gasteiger partial charge in [-0.1, -0.05) is 84.0 Å². The van der Waals surface area contributed by atoms with Crippen molar-refractivity contribution < 1.29 is 37.0 Å². The number of aliphatic hydroxyl groups excluding tert-OH is 1. The summed E-state index contributed by atoms with van der Waals surface area (Å²) in [4.78, 5) is 9.20. The maximum Gasteiger partial charge on any atom is 0.465 e. The first kappa shape index (κ1) is 27.3. The molecule has 2 N–H and O–H groups in total. The van der Waals surface area contributed by atoms with Gasteiger partial charge in [-0.2, -0.15) is 22.0 Å². The van der Waals surface area contributed by atoms with Crippen molar-refractivity contribution in [3.8, 4) is 0 Å². The number of carboxylic acids is 1. The van der Waals surface area contributed by atoms with Crippen LogP contribution in [0.5, 0.6) is 0 Å². The second-order valence-corrected chi connectivity index (χ2v) is 6.34. The van der Waals surface area contributed by atoms with Gasteiger partial charge in [0.1, 0.15) is 0 Å². The minimum absolute atomic E-state index is 0.373. The summed E-state index contributed by atoms with van der Waals surface area (Å²) in [5.74, 6) is -8.84. The molecule has 0 atom stereocenters. The SMILES string of the molecule is CCCCCCCCCCCCCCCO.O=C(O)C(F)(F)C(F)(F)F. The minimum Gasteiger partial charge on any atom is -0.477 e. The number of rotatable bonds is 14. The molecule has 0 bridgehead atoms. The topological polar surface area (TPSA) is 57.5 Å². The van der Waals surface area contributed by atoms with Crippen LogP contribution in [-0.2, 0) is 4.79 Å². The Balaban J connectivity index is 0. The Hall–Kier alpha value is -0.920. The Bertz CT molecular complexity index is 319. The molecule has 0 spiro atoms. The fourth-order valence-corrected chi connectivity index (χ4v) is 2.25. The molecular weight excluding hydrogens is 359 g/mol. The number of carboxylic acid groups (broad SMARTS) is 1. The Kier molecular flexibility index (Phi) is 17.1. The molecule has 0 saturated heterocycles. The summed E-state index contributed by atoms with van der Waals surface area (Å²) in [7, 11) is 0. The highest BCUT2D eigenvalue weighted by atomic mass is 19.4. The van der Waals surface area contributed by atoms with E-state index in [2.05, 4.69) is 6.92 Å². The highest BCUT2D eigenvalue weighted by Crippen LogP contribution is 2.35. The van der Waals surface area contributed by atoms with Crippen LogP contribution in [0.4, 0.5) is 22.0 Å². The van der Waals surface area contributed by atoms with Crippen LogP contribution in [-0.4, -0.2) is 34.9 Å². The molecule has 0 heterocycles. The van der Waals surface area contributed by atoms with Crippen molar-refractivity contribution in [1.82, 2.24) is 0 Å². The average molecular weight is 392 g/mol. The lowest BCUT2D eigenvalue weighted by Gasteiger charge is -2.13. The van der Waals surface area contributed by atoms with E-state index in [0.717, 1.165) is 6.42 Å². The fourth-order valence-electron chi connectivity index (χ4n) is 2.25. The summed E-state index contributed by atoms with van der Waals surface area (Å²) in [5.41, 5.74) is 0. The van der Waals surface area contributed by atoms with Gasteiger partial charge in [0.15, 0.2) is 0 Å². The zero-order valence-corrected chi connectivity index (χ0v) is 15.6. The normalized spacial score (nSPS) is 11.8. The molecule has 8 heteroatoms. The highest BCUT2D eigenvalue weighted by Gasteiger charge is 2.64. The van der Waals surface area contributed by atoms with Crippen molar-refractivity contribution in [2.24, 2.45) is 0 Å². The molecule has 0 rings (SSSR count). The standard InChI is InChI=1S/C15H32O.C3HF5O2/c1-2-3-4-5-6-7-8-9-10-11-12-13-14-15-16;4-2(5,1(9)10)3(6,7)8/h16H,2-15H2,1H3;(H,9,10). The molecule has 0 amide bonds. The first-order valence-electron chi connectivity index (χ1n) is 9.40. The van der Waals surface area contributed by atoms with E-state index in [-0.39, 0.29) is 0 Å².